The highest BCUT2D eigenvalue weighted by molar-refractivity contribution is 6.52. The van der Waals surface area contributed by atoms with Gasteiger partial charge in [-0.1, -0.05) is 0 Å². The number of nitrogens with zero attached hydrogens (tertiary/aromatic N) is 1. The number of benzene rings is 2. The monoisotopic (exact) mass is 409 g/mol. The van der Waals surface area contributed by atoms with Crippen LogP contribution in [0.2, 0.25) is 0 Å². The van der Waals surface area contributed by atoms with Crippen LogP contribution >= 0.6 is 0 Å². The summed E-state index contributed by atoms with van der Waals surface area (Å²) in [5.74, 6) is 1.04. The number of carbonyl (C=O) groups is 2. The van der Waals surface area contributed by atoms with Crippen LogP contribution < -0.4 is 24.0 Å². The lowest BCUT2D eigenvalue weighted by Crippen LogP contribution is -3.12. The zero-order valence-corrected chi connectivity index (χ0v) is 17.0. The Bertz CT molecular complexity index is 988. The number of rotatable bonds is 5. The van der Waals surface area contributed by atoms with Crippen molar-refractivity contribution < 1.29 is 28.7 Å². The maximum atomic E-state index is 12.8. The van der Waals surface area contributed by atoms with Crippen LogP contribution in [0.3, 0.4) is 0 Å². The first-order valence-electron chi connectivity index (χ1n) is 10.5. The number of carbonyl (C=O) groups excluding carboxylic acids is 2. The maximum Gasteiger partial charge on any atom is 0.303 e. The standard InChI is InChI=1S/C23H24N2O5/c1-2-28-16-7-5-15(6-8-16)18-4-3-9-24(18)14-25-19-13-21-20(29-10-11-30-21)12-17(19)22(26)23(25)27/h5-8,12-13,18H,2-4,9-11,14H2,1H3/p+1/t18-/m1/s1. The third kappa shape index (κ3) is 3.19. The van der Waals surface area contributed by atoms with Crippen molar-refractivity contribution in [2.75, 3.05) is 37.9 Å². The van der Waals surface area contributed by atoms with Crippen molar-refractivity contribution in [3.8, 4) is 17.2 Å². The van der Waals surface area contributed by atoms with E-state index in [1.54, 1.807) is 17.0 Å². The quantitative estimate of drug-likeness (QED) is 0.763. The van der Waals surface area contributed by atoms with Gasteiger partial charge < -0.3 is 19.1 Å². The highest BCUT2D eigenvalue weighted by Crippen LogP contribution is 2.40. The van der Waals surface area contributed by atoms with E-state index in [9.17, 15) is 9.59 Å². The second-order valence-electron chi connectivity index (χ2n) is 7.84. The van der Waals surface area contributed by atoms with E-state index in [2.05, 4.69) is 12.1 Å². The number of quaternary nitrogens is 1. The molecule has 1 N–H and O–H groups in total. The summed E-state index contributed by atoms with van der Waals surface area (Å²) < 4.78 is 16.8. The zero-order chi connectivity index (χ0) is 20.7. The van der Waals surface area contributed by atoms with Crippen molar-refractivity contribution in [2.24, 2.45) is 0 Å². The summed E-state index contributed by atoms with van der Waals surface area (Å²) in [4.78, 5) is 28.3. The van der Waals surface area contributed by atoms with Gasteiger partial charge in [-0.25, -0.2) is 0 Å². The molecule has 2 aromatic rings. The van der Waals surface area contributed by atoms with Crippen molar-refractivity contribution in [1.29, 1.82) is 0 Å². The zero-order valence-electron chi connectivity index (χ0n) is 17.0. The Labute approximate surface area is 175 Å². The van der Waals surface area contributed by atoms with E-state index < -0.39 is 11.7 Å². The molecule has 1 saturated heterocycles. The van der Waals surface area contributed by atoms with Gasteiger partial charge in [0.1, 0.15) is 25.0 Å². The number of likely N-dealkylation sites (tertiary alicyclic amines) is 1. The van der Waals surface area contributed by atoms with Gasteiger partial charge in [0.25, 0.3) is 5.78 Å². The Morgan fingerprint density at radius 1 is 1.10 bits per heavy atom. The third-order valence-electron chi connectivity index (χ3n) is 6.07. The first-order chi connectivity index (χ1) is 14.7. The van der Waals surface area contributed by atoms with Crippen LogP contribution in [0.15, 0.2) is 36.4 Å². The fraction of sp³-hybridized carbons (Fsp3) is 0.391. The Morgan fingerprint density at radius 3 is 2.57 bits per heavy atom. The van der Waals surface area contributed by atoms with Gasteiger partial charge in [0.2, 0.25) is 0 Å². The molecule has 0 aliphatic carbocycles. The van der Waals surface area contributed by atoms with Gasteiger partial charge >= 0.3 is 5.91 Å². The van der Waals surface area contributed by atoms with Crippen LogP contribution in [0.5, 0.6) is 17.2 Å². The highest BCUT2D eigenvalue weighted by atomic mass is 16.6. The van der Waals surface area contributed by atoms with Crippen molar-refractivity contribution in [1.82, 2.24) is 0 Å². The summed E-state index contributed by atoms with van der Waals surface area (Å²) in [6, 6.07) is 11.9. The van der Waals surface area contributed by atoms with Crippen molar-refractivity contribution >= 4 is 17.4 Å². The number of fused-ring (bicyclic) bond motifs is 2. The number of anilines is 1. The van der Waals surface area contributed by atoms with Crippen LogP contribution in [0.4, 0.5) is 5.69 Å². The Hall–Kier alpha value is -3.06. The van der Waals surface area contributed by atoms with Gasteiger partial charge in [0, 0.05) is 24.5 Å². The molecule has 3 aliphatic rings. The van der Waals surface area contributed by atoms with E-state index in [1.807, 2.05) is 19.1 Å². The van der Waals surface area contributed by atoms with E-state index in [0.717, 1.165) is 25.1 Å². The molecule has 0 bridgehead atoms. The van der Waals surface area contributed by atoms with Gasteiger partial charge in [-0.2, -0.15) is 0 Å². The molecule has 0 spiro atoms. The topological polar surface area (TPSA) is 69.5 Å². The van der Waals surface area contributed by atoms with Crippen molar-refractivity contribution in [3.05, 3.63) is 47.5 Å². The molecule has 1 amide bonds. The first-order valence-corrected chi connectivity index (χ1v) is 10.5. The minimum absolute atomic E-state index is 0.282. The third-order valence-corrected chi connectivity index (χ3v) is 6.07. The van der Waals surface area contributed by atoms with Crippen LogP contribution in [-0.4, -0.2) is 44.7 Å². The summed E-state index contributed by atoms with van der Waals surface area (Å²) in [6.07, 6.45) is 2.13. The van der Waals surface area contributed by atoms with Gasteiger partial charge in [0.15, 0.2) is 18.2 Å². The molecule has 5 rings (SSSR count). The average molecular weight is 409 g/mol. The number of hydrogen-bond donors (Lipinski definition) is 1. The fourth-order valence-electron chi connectivity index (χ4n) is 4.66. The van der Waals surface area contributed by atoms with E-state index in [0.29, 0.717) is 49.2 Å². The molecule has 0 radical (unpaired) electrons. The summed E-state index contributed by atoms with van der Waals surface area (Å²) in [5.41, 5.74) is 2.26. The van der Waals surface area contributed by atoms with Crippen LogP contribution in [0.1, 0.15) is 41.7 Å². The molecule has 2 atom stereocenters. The molecule has 3 heterocycles. The molecule has 156 valence electrons. The largest absolute Gasteiger partial charge is 0.494 e. The van der Waals surface area contributed by atoms with Crippen molar-refractivity contribution in [2.45, 2.75) is 25.8 Å². The Kier molecular flexibility index (Phi) is 4.83. The lowest BCUT2D eigenvalue weighted by molar-refractivity contribution is -0.917. The van der Waals surface area contributed by atoms with E-state index in [1.165, 1.54) is 10.5 Å². The predicted molar refractivity (Wildman–Crippen MR) is 110 cm³/mol. The Morgan fingerprint density at radius 2 is 1.83 bits per heavy atom. The number of hydrogen-bond acceptors (Lipinski definition) is 5. The normalized spacial score (nSPS) is 22.4. The SMILES string of the molecule is CCOc1ccc([C@H]2CCC[NH+]2CN2C(=O)C(=O)c3cc4c(cc32)OCCO4)cc1. The van der Waals surface area contributed by atoms with Crippen LogP contribution in [0, 0.1) is 0 Å². The van der Waals surface area contributed by atoms with Gasteiger partial charge in [0.05, 0.1) is 24.4 Å². The molecule has 1 unspecified atom stereocenters. The number of Topliss-reactive ketones (excluding diaryl/α,β-unsaturated/α-hetero) is 1. The van der Waals surface area contributed by atoms with E-state index in [-0.39, 0.29) is 6.04 Å². The summed E-state index contributed by atoms with van der Waals surface area (Å²) in [6.45, 7) is 4.93. The van der Waals surface area contributed by atoms with Gasteiger partial charge in [-0.3, -0.25) is 14.5 Å². The summed E-state index contributed by atoms with van der Waals surface area (Å²) in [5, 5.41) is 0. The molecule has 7 nitrogen and oxygen atoms in total. The number of ether oxygens (including phenoxy) is 3. The number of ketones is 1. The molecule has 1 fully saturated rings. The lowest BCUT2D eigenvalue weighted by atomic mass is 10.0. The molecular weight excluding hydrogens is 384 g/mol. The molecule has 0 aromatic heterocycles. The molecule has 7 heteroatoms. The second kappa shape index (κ2) is 7.65. The van der Waals surface area contributed by atoms with Crippen LogP contribution in [-0.2, 0) is 4.79 Å². The maximum absolute atomic E-state index is 12.8. The average Bonchev–Trinajstić information content (AvgIpc) is 3.32. The first kappa shape index (κ1) is 18.9. The highest BCUT2D eigenvalue weighted by Gasteiger charge is 2.41. The minimum Gasteiger partial charge on any atom is -0.494 e. The molecule has 2 aromatic carbocycles. The summed E-state index contributed by atoms with van der Waals surface area (Å²) >= 11 is 0. The molecular formula is C23H25N2O5+. The van der Waals surface area contributed by atoms with Crippen molar-refractivity contribution in [3.63, 3.8) is 0 Å². The fourth-order valence-corrected chi connectivity index (χ4v) is 4.66. The van der Waals surface area contributed by atoms with Gasteiger partial charge in [-0.15, -0.1) is 0 Å². The lowest BCUT2D eigenvalue weighted by Gasteiger charge is -2.27. The second-order valence-corrected chi connectivity index (χ2v) is 7.84. The van der Waals surface area contributed by atoms with E-state index >= 15 is 0 Å². The number of amides is 1. The Balaban J connectivity index is 1.40. The molecule has 30 heavy (non-hydrogen) atoms. The predicted octanol–water partition coefficient (Wildman–Crippen LogP) is 1.76. The smallest absolute Gasteiger partial charge is 0.303 e. The molecule has 0 saturated carbocycles. The minimum atomic E-state index is -0.475. The van der Waals surface area contributed by atoms with Crippen LogP contribution in [0.25, 0.3) is 0 Å². The van der Waals surface area contributed by atoms with Gasteiger partial charge in [-0.05, 0) is 37.3 Å². The summed E-state index contributed by atoms with van der Waals surface area (Å²) in [7, 11) is 0. The van der Waals surface area contributed by atoms with E-state index in [4.69, 9.17) is 14.2 Å². The number of nitrogens with one attached hydrogen (secondary N) is 1. The molecule has 3 aliphatic heterocycles.